The molecular weight excluding hydrogens is 312 g/mol. The van der Waals surface area contributed by atoms with Crippen molar-refractivity contribution >= 4 is 6.03 Å². The molecular formula is C21H30N2O2. The number of carbonyl (C=O) groups excluding carboxylic acids is 1. The molecule has 4 bridgehead atoms. The van der Waals surface area contributed by atoms with E-state index in [0.717, 1.165) is 29.9 Å². The summed E-state index contributed by atoms with van der Waals surface area (Å²) in [5, 5.41) is 6.54. The number of amides is 2. The van der Waals surface area contributed by atoms with Gasteiger partial charge in [-0.15, -0.1) is 0 Å². The number of rotatable bonds is 5. The molecule has 0 heterocycles. The lowest BCUT2D eigenvalue weighted by molar-refractivity contribution is -0.0136. The highest BCUT2D eigenvalue weighted by molar-refractivity contribution is 5.75. The van der Waals surface area contributed by atoms with E-state index in [4.69, 9.17) is 4.74 Å². The van der Waals surface area contributed by atoms with Crippen LogP contribution in [0.1, 0.15) is 51.0 Å². The van der Waals surface area contributed by atoms with Crippen LogP contribution in [-0.2, 0) is 6.42 Å². The van der Waals surface area contributed by atoms with Gasteiger partial charge >= 0.3 is 6.03 Å². The Hall–Kier alpha value is -1.71. The first-order valence-electron chi connectivity index (χ1n) is 9.75. The van der Waals surface area contributed by atoms with Crippen LogP contribution in [0.3, 0.4) is 0 Å². The van der Waals surface area contributed by atoms with Gasteiger partial charge in [-0.2, -0.15) is 0 Å². The molecule has 2 N–H and O–H groups in total. The van der Waals surface area contributed by atoms with Crippen LogP contribution in [0.2, 0.25) is 0 Å². The van der Waals surface area contributed by atoms with Crippen LogP contribution in [0, 0.1) is 17.8 Å². The zero-order valence-electron chi connectivity index (χ0n) is 15.4. The molecule has 4 heteroatoms. The van der Waals surface area contributed by atoms with Crippen molar-refractivity contribution < 1.29 is 9.53 Å². The quantitative estimate of drug-likeness (QED) is 0.853. The molecule has 0 saturated heterocycles. The largest absolute Gasteiger partial charge is 0.497 e. The fourth-order valence-corrected chi connectivity index (χ4v) is 5.97. The molecule has 4 aliphatic rings. The van der Waals surface area contributed by atoms with Gasteiger partial charge in [0.2, 0.25) is 0 Å². The second kappa shape index (κ2) is 6.54. The molecule has 1 aromatic rings. The minimum absolute atomic E-state index is 0.0114. The van der Waals surface area contributed by atoms with Gasteiger partial charge < -0.3 is 15.4 Å². The van der Waals surface area contributed by atoms with E-state index < -0.39 is 0 Å². The van der Waals surface area contributed by atoms with Crippen LogP contribution >= 0.6 is 0 Å². The standard InChI is InChI=1S/C21H30N2O2/c1-14(6-15-4-3-5-19(10-15)25-2)22-20(24)23-21-11-16-7-17(12-21)9-18(8-16)13-21/h3-5,10,14,16-18H,6-9,11-13H2,1-2H3,(H2,22,23,24). The number of methoxy groups -OCH3 is 1. The van der Waals surface area contributed by atoms with Crippen molar-refractivity contribution in [2.75, 3.05) is 7.11 Å². The minimum Gasteiger partial charge on any atom is -0.497 e. The van der Waals surface area contributed by atoms with Crippen LogP contribution in [0.4, 0.5) is 4.79 Å². The zero-order chi connectivity index (χ0) is 17.4. The summed E-state index contributed by atoms with van der Waals surface area (Å²) in [5.74, 6) is 3.41. The topological polar surface area (TPSA) is 50.4 Å². The van der Waals surface area contributed by atoms with E-state index in [9.17, 15) is 4.79 Å². The predicted octanol–water partition coefficient (Wildman–Crippen LogP) is 3.89. The second-order valence-electron chi connectivity index (χ2n) is 8.75. The number of urea groups is 1. The van der Waals surface area contributed by atoms with Crippen molar-refractivity contribution in [2.45, 2.75) is 63.5 Å². The summed E-state index contributed by atoms with van der Waals surface area (Å²) in [6.07, 6.45) is 8.58. The Bertz CT molecular complexity index is 607. The number of ether oxygens (including phenoxy) is 1. The molecule has 1 atom stereocenters. The van der Waals surface area contributed by atoms with Crippen molar-refractivity contribution in [1.82, 2.24) is 10.6 Å². The molecule has 4 fully saturated rings. The third kappa shape index (κ3) is 3.63. The maximum absolute atomic E-state index is 12.6. The lowest BCUT2D eigenvalue weighted by Gasteiger charge is -2.56. The monoisotopic (exact) mass is 342 g/mol. The van der Waals surface area contributed by atoms with Crippen molar-refractivity contribution in [1.29, 1.82) is 0 Å². The fourth-order valence-electron chi connectivity index (χ4n) is 5.97. The minimum atomic E-state index is 0.0114. The lowest BCUT2D eigenvalue weighted by atomic mass is 9.53. The first-order valence-corrected chi connectivity index (χ1v) is 9.75. The van der Waals surface area contributed by atoms with Gasteiger partial charge in [0.25, 0.3) is 0 Å². The maximum Gasteiger partial charge on any atom is 0.315 e. The highest BCUT2D eigenvalue weighted by atomic mass is 16.5. The number of nitrogens with one attached hydrogen (secondary N) is 2. The average Bonchev–Trinajstić information content (AvgIpc) is 2.52. The zero-order valence-corrected chi connectivity index (χ0v) is 15.4. The maximum atomic E-state index is 12.6. The van der Waals surface area contributed by atoms with E-state index in [1.807, 2.05) is 18.2 Å². The number of hydrogen-bond donors (Lipinski definition) is 2. The molecule has 1 aromatic carbocycles. The van der Waals surface area contributed by atoms with Gasteiger partial charge in [0.05, 0.1) is 7.11 Å². The summed E-state index contributed by atoms with van der Waals surface area (Å²) in [4.78, 5) is 12.6. The Morgan fingerprint density at radius 2 is 1.84 bits per heavy atom. The van der Waals surface area contributed by atoms with E-state index in [1.54, 1.807) is 7.11 Å². The summed E-state index contributed by atoms with van der Waals surface area (Å²) >= 11 is 0. The third-order valence-electron chi connectivity index (χ3n) is 6.47. The molecule has 4 nitrogen and oxygen atoms in total. The van der Waals surface area contributed by atoms with Crippen LogP contribution in [-0.4, -0.2) is 24.7 Å². The molecule has 2 amide bonds. The first kappa shape index (κ1) is 16.7. The van der Waals surface area contributed by atoms with Crippen LogP contribution in [0.5, 0.6) is 5.75 Å². The van der Waals surface area contributed by atoms with Gasteiger partial charge in [0.1, 0.15) is 5.75 Å². The normalized spacial score (nSPS) is 33.8. The van der Waals surface area contributed by atoms with E-state index in [2.05, 4.69) is 23.6 Å². The SMILES string of the molecule is COc1cccc(CC(C)NC(=O)NC23CC4CC(CC(C4)C2)C3)c1. The van der Waals surface area contributed by atoms with Crippen molar-refractivity contribution in [2.24, 2.45) is 17.8 Å². The predicted molar refractivity (Wildman–Crippen MR) is 98.7 cm³/mol. The molecule has 25 heavy (non-hydrogen) atoms. The first-order chi connectivity index (χ1) is 12.0. The van der Waals surface area contributed by atoms with Crippen molar-refractivity contribution in [3.8, 4) is 5.75 Å². The summed E-state index contributed by atoms with van der Waals surface area (Å²) in [7, 11) is 1.68. The Kier molecular flexibility index (Phi) is 4.38. The molecule has 136 valence electrons. The molecule has 4 saturated carbocycles. The molecule has 1 unspecified atom stereocenters. The van der Waals surface area contributed by atoms with Gasteiger partial charge in [-0.3, -0.25) is 0 Å². The van der Waals surface area contributed by atoms with Gasteiger partial charge in [-0.1, -0.05) is 12.1 Å². The summed E-state index contributed by atoms with van der Waals surface area (Å²) in [6.45, 7) is 2.07. The van der Waals surface area contributed by atoms with Crippen molar-refractivity contribution in [3.63, 3.8) is 0 Å². The van der Waals surface area contributed by atoms with Crippen LogP contribution in [0.25, 0.3) is 0 Å². The summed E-state index contributed by atoms with van der Waals surface area (Å²) in [6, 6.07) is 8.17. The van der Waals surface area contributed by atoms with Gasteiger partial charge in [0.15, 0.2) is 0 Å². The summed E-state index contributed by atoms with van der Waals surface area (Å²) in [5.41, 5.74) is 1.26. The van der Waals surface area contributed by atoms with Gasteiger partial charge in [-0.25, -0.2) is 4.79 Å². The number of carbonyl (C=O) groups is 1. The molecule has 0 aliphatic heterocycles. The third-order valence-corrected chi connectivity index (χ3v) is 6.47. The lowest BCUT2D eigenvalue weighted by Crippen LogP contribution is -2.62. The highest BCUT2D eigenvalue weighted by Gasteiger charge is 2.51. The van der Waals surface area contributed by atoms with Gasteiger partial charge in [0, 0.05) is 11.6 Å². The molecule has 0 aromatic heterocycles. The fraction of sp³-hybridized carbons (Fsp3) is 0.667. The van der Waals surface area contributed by atoms with E-state index in [-0.39, 0.29) is 17.6 Å². The molecule has 0 radical (unpaired) electrons. The van der Waals surface area contributed by atoms with E-state index >= 15 is 0 Å². The molecule has 0 spiro atoms. The van der Waals surface area contributed by atoms with E-state index in [0.29, 0.717) is 0 Å². The Morgan fingerprint density at radius 1 is 1.20 bits per heavy atom. The van der Waals surface area contributed by atoms with Gasteiger partial charge in [-0.05, 0) is 87.3 Å². The van der Waals surface area contributed by atoms with Crippen LogP contribution < -0.4 is 15.4 Å². The Labute approximate surface area is 150 Å². The molecule has 4 aliphatic carbocycles. The highest BCUT2D eigenvalue weighted by Crippen LogP contribution is 2.55. The Balaban J connectivity index is 1.32. The average molecular weight is 342 g/mol. The van der Waals surface area contributed by atoms with Crippen LogP contribution in [0.15, 0.2) is 24.3 Å². The summed E-state index contributed by atoms with van der Waals surface area (Å²) < 4.78 is 5.28. The number of benzene rings is 1. The molecule has 5 rings (SSSR count). The smallest absolute Gasteiger partial charge is 0.315 e. The van der Waals surface area contributed by atoms with Crippen molar-refractivity contribution in [3.05, 3.63) is 29.8 Å². The number of hydrogen-bond acceptors (Lipinski definition) is 2. The second-order valence-corrected chi connectivity index (χ2v) is 8.75. The van der Waals surface area contributed by atoms with E-state index in [1.165, 1.54) is 44.1 Å². The Morgan fingerprint density at radius 3 is 2.44 bits per heavy atom.